The molecule has 0 saturated carbocycles. The van der Waals surface area contributed by atoms with Crippen LogP contribution in [0.5, 0.6) is 0 Å². The second-order valence-electron chi connectivity index (χ2n) is 6.20. The highest BCUT2D eigenvalue weighted by Gasteiger charge is 2.13. The molecule has 3 aromatic rings. The van der Waals surface area contributed by atoms with Crippen molar-refractivity contribution < 1.29 is 4.79 Å². The second kappa shape index (κ2) is 7.67. The number of nitrogens with zero attached hydrogens (tertiary/aromatic N) is 3. The van der Waals surface area contributed by atoms with Gasteiger partial charge in [-0.15, -0.1) is 0 Å². The monoisotopic (exact) mass is 357 g/mol. The molecule has 6 heteroatoms. The van der Waals surface area contributed by atoms with Gasteiger partial charge in [-0.1, -0.05) is 24.3 Å². The number of nitriles is 1. The van der Waals surface area contributed by atoms with Crippen LogP contribution in [-0.4, -0.2) is 15.9 Å². The number of anilines is 3. The average Bonchev–Trinajstić information content (AvgIpc) is 2.65. The van der Waals surface area contributed by atoms with Gasteiger partial charge in [-0.25, -0.2) is 9.97 Å². The molecule has 3 rings (SSSR count). The van der Waals surface area contributed by atoms with Crippen molar-refractivity contribution >= 4 is 23.2 Å². The van der Waals surface area contributed by atoms with E-state index in [9.17, 15) is 10.1 Å². The molecule has 0 fully saturated rings. The molecule has 27 heavy (non-hydrogen) atoms. The van der Waals surface area contributed by atoms with Crippen LogP contribution in [0.3, 0.4) is 0 Å². The smallest absolute Gasteiger partial charge is 0.274 e. The van der Waals surface area contributed by atoms with E-state index in [0.29, 0.717) is 16.9 Å². The predicted octanol–water partition coefficient (Wildman–Crippen LogP) is 4.27. The minimum Gasteiger partial charge on any atom is -0.323 e. The maximum atomic E-state index is 12.7. The maximum absolute atomic E-state index is 12.7. The highest BCUT2D eigenvalue weighted by atomic mass is 16.1. The molecule has 0 aliphatic heterocycles. The first-order valence-corrected chi connectivity index (χ1v) is 8.47. The van der Waals surface area contributed by atoms with Crippen molar-refractivity contribution in [2.75, 3.05) is 10.6 Å². The molecule has 1 amide bonds. The SMILES string of the molecule is Cc1cc(C(=O)Nc2cccc(C)c2C)nc(Nc2ccccc2C#N)n1. The first-order valence-electron chi connectivity index (χ1n) is 8.47. The first-order chi connectivity index (χ1) is 13.0. The number of hydrogen-bond acceptors (Lipinski definition) is 5. The van der Waals surface area contributed by atoms with Crippen LogP contribution >= 0.6 is 0 Å². The van der Waals surface area contributed by atoms with Gasteiger partial charge in [-0.3, -0.25) is 4.79 Å². The van der Waals surface area contributed by atoms with E-state index in [0.717, 1.165) is 16.8 Å². The van der Waals surface area contributed by atoms with E-state index in [1.54, 1.807) is 31.2 Å². The molecule has 0 unspecified atom stereocenters. The zero-order valence-electron chi connectivity index (χ0n) is 15.4. The normalized spacial score (nSPS) is 10.1. The summed E-state index contributed by atoms with van der Waals surface area (Å²) in [4.78, 5) is 21.3. The quantitative estimate of drug-likeness (QED) is 0.728. The molecule has 2 aromatic carbocycles. The van der Waals surface area contributed by atoms with Crippen LogP contribution in [0.15, 0.2) is 48.5 Å². The summed E-state index contributed by atoms with van der Waals surface area (Å²) in [5.41, 5.74) is 4.82. The van der Waals surface area contributed by atoms with Gasteiger partial charge in [0.05, 0.1) is 11.3 Å². The van der Waals surface area contributed by atoms with Crippen molar-refractivity contribution in [3.63, 3.8) is 0 Å². The lowest BCUT2D eigenvalue weighted by Gasteiger charge is -2.12. The molecular weight excluding hydrogens is 338 g/mol. The summed E-state index contributed by atoms with van der Waals surface area (Å²) >= 11 is 0. The lowest BCUT2D eigenvalue weighted by Crippen LogP contribution is -2.16. The Bertz CT molecular complexity index is 1050. The van der Waals surface area contributed by atoms with Gasteiger partial charge < -0.3 is 10.6 Å². The highest BCUT2D eigenvalue weighted by molar-refractivity contribution is 6.03. The van der Waals surface area contributed by atoms with Crippen LogP contribution in [0.4, 0.5) is 17.3 Å². The van der Waals surface area contributed by atoms with E-state index >= 15 is 0 Å². The number of rotatable bonds is 4. The average molecular weight is 357 g/mol. The van der Waals surface area contributed by atoms with E-state index < -0.39 is 0 Å². The topological polar surface area (TPSA) is 90.7 Å². The van der Waals surface area contributed by atoms with Crippen molar-refractivity contribution in [3.05, 3.63) is 76.6 Å². The lowest BCUT2D eigenvalue weighted by molar-refractivity contribution is 0.102. The fourth-order valence-corrected chi connectivity index (χ4v) is 2.62. The van der Waals surface area contributed by atoms with Crippen LogP contribution in [0.25, 0.3) is 0 Å². The van der Waals surface area contributed by atoms with Crippen molar-refractivity contribution in [3.8, 4) is 6.07 Å². The van der Waals surface area contributed by atoms with E-state index in [4.69, 9.17) is 0 Å². The number of nitrogens with one attached hydrogen (secondary N) is 2. The lowest BCUT2D eigenvalue weighted by atomic mass is 10.1. The van der Waals surface area contributed by atoms with Gasteiger partial charge in [0.2, 0.25) is 5.95 Å². The molecule has 0 bridgehead atoms. The number of aromatic nitrogens is 2. The molecule has 0 atom stereocenters. The Morgan fingerprint density at radius 3 is 2.52 bits per heavy atom. The molecular formula is C21H19N5O. The van der Waals surface area contributed by atoms with Crippen LogP contribution in [-0.2, 0) is 0 Å². The van der Waals surface area contributed by atoms with Gasteiger partial charge in [-0.2, -0.15) is 5.26 Å². The summed E-state index contributed by atoms with van der Waals surface area (Å²) in [5.74, 6) is -0.0466. The highest BCUT2D eigenvalue weighted by Crippen LogP contribution is 2.20. The van der Waals surface area contributed by atoms with Gasteiger partial charge in [0.15, 0.2) is 0 Å². The van der Waals surface area contributed by atoms with Gasteiger partial charge in [0.25, 0.3) is 5.91 Å². The fourth-order valence-electron chi connectivity index (χ4n) is 2.62. The van der Waals surface area contributed by atoms with Crippen molar-refractivity contribution in [1.82, 2.24) is 9.97 Å². The Morgan fingerprint density at radius 2 is 1.74 bits per heavy atom. The zero-order chi connectivity index (χ0) is 19.4. The molecule has 0 aliphatic carbocycles. The summed E-state index contributed by atoms with van der Waals surface area (Å²) in [5, 5.41) is 15.1. The molecule has 6 nitrogen and oxygen atoms in total. The summed E-state index contributed by atoms with van der Waals surface area (Å²) in [6.45, 7) is 5.74. The molecule has 134 valence electrons. The number of para-hydroxylation sites is 1. The Balaban J connectivity index is 1.88. The van der Waals surface area contributed by atoms with Crippen LogP contribution in [0.2, 0.25) is 0 Å². The minimum atomic E-state index is -0.314. The number of aryl methyl sites for hydroxylation is 2. The zero-order valence-corrected chi connectivity index (χ0v) is 15.4. The maximum Gasteiger partial charge on any atom is 0.274 e. The minimum absolute atomic E-state index is 0.250. The summed E-state index contributed by atoms with van der Waals surface area (Å²) in [6.07, 6.45) is 0. The van der Waals surface area contributed by atoms with Crippen molar-refractivity contribution in [1.29, 1.82) is 5.26 Å². The third-order valence-corrected chi connectivity index (χ3v) is 4.23. The standard InChI is InChI=1S/C21H19N5O/c1-13-7-6-10-17(15(13)3)24-20(27)19-11-14(2)23-21(26-19)25-18-9-5-4-8-16(18)12-22/h4-11H,1-3H3,(H,24,27)(H,23,25,26). The second-order valence-corrected chi connectivity index (χ2v) is 6.20. The number of benzene rings is 2. The van der Waals surface area contributed by atoms with E-state index in [1.165, 1.54) is 0 Å². The van der Waals surface area contributed by atoms with Crippen molar-refractivity contribution in [2.45, 2.75) is 20.8 Å². The Morgan fingerprint density at radius 1 is 1.00 bits per heavy atom. The molecule has 1 heterocycles. The van der Waals surface area contributed by atoms with Crippen molar-refractivity contribution in [2.24, 2.45) is 0 Å². The van der Waals surface area contributed by atoms with Gasteiger partial charge >= 0.3 is 0 Å². The van der Waals surface area contributed by atoms with Crippen LogP contribution in [0.1, 0.15) is 32.9 Å². The molecule has 1 aromatic heterocycles. The van der Waals surface area contributed by atoms with Crippen LogP contribution < -0.4 is 10.6 Å². The predicted molar refractivity (Wildman–Crippen MR) is 105 cm³/mol. The molecule has 0 aliphatic rings. The van der Waals surface area contributed by atoms with Crippen LogP contribution in [0, 0.1) is 32.1 Å². The summed E-state index contributed by atoms with van der Waals surface area (Å²) in [7, 11) is 0. The number of carbonyl (C=O) groups is 1. The molecule has 2 N–H and O–H groups in total. The molecule has 0 spiro atoms. The third-order valence-electron chi connectivity index (χ3n) is 4.23. The molecule has 0 saturated heterocycles. The Kier molecular flexibility index (Phi) is 5.13. The first kappa shape index (κ1) is 18.1. The fraction of sp³-hybridized carbons (Fsp3) is 0.143. The van der Waals surface area contributed by atoms with E-state index in [1.807, 2.05) is 38.1 Å². The van der Waals surface area contributed by atoms with Gasteiger partial charge in [0, 0.05) is 11.4 Å². The number of amides is 1. The van der Waals surface area contributed by atoms with E-state index in [-0.39, 0.29) is 17.5 Å². The van der Waals surface area contributed by atoms with Gasteiger partial charge in [-0.05, 0) is 56.2 Å². The Hall–Kier alpha value is -3.72. The largest absolute Gasteiger partial charge is 0.323 e. The molecule has 0 radical (unpaired) electrons. The summed E-state index contributed by atoms with van der Waals surface area (Å²) < 4.78 is 0. The van der Waals surface area contributed by atoms with E-state index in [2.05, 4.69) is 26.7 Å². The summed E-state index contributed by atoms with van der Waals surface area (Å²) in [6, 6.07) is 16.6. The Labute approximate surface area is 157 Å². The number of hydrogen-bond donors (Lipinski definition) is 2. The van der Waals surface area contributed by atoms with Gasteiger partial charge in [0.1, 0.15) is 11.8 Å². The third kappa shape index (κ3) is 4.10. The number of carbonyl (C=O) groups excluding carboxylic acids is 1.